The zero-order valence-corrected chi connectivity index (χ0v) is 14.6. The molecule has 0 aromatic carbocycles. The van der Waals surface area contributed by atoms with Crippen LogP contribution in [0.15, 0.2) is 0 Å². The minimum absolute atomic E-state index is 0.616. The van der Waals surface area contributed by atoms with E-state index in [0.717, 1.165) is 48.6 Å². The highest BCUT2D eigenvalue weighted by molar-refractivity contribution is 6.31. The minimum Gasteiger partial charge on any atom is -0.389 e. The van der Waals surface area contributed by atoms with Gasteiger partial charge in [-0.25, -0.2) is 0 Å². The van der Waals surface area contributed by atoms with Crippen molar-refractivity contribution in [1.29, 1.82) is 0 Å². The Morgan fingerprint density at radius 1 is 1.43 bits per heavy atom. The molecular weight excluding hydrogens is 284 g/mol. The van der Waals surface area contributed by atoms with Crippen LogP contribution in [0.3, 0.4) is 0 Å². The summed E-state index contributed by atoms with van der Waals surface area (Å²) in [5, 5.41) is 16.4. The summed E-state index contributed by atoms with van der Waals surface area (Å²) in [6, 6.07) is 0. The van der Waals surface area contributed by atoms with E-state index >= 15 is 0 Å². The van der Waals surface area contributed by atoms with Crippen LogP contribution in [0.4, 0.5) is 0 Å². The molecule has 2 unspecified atom stereocenters. The van der Waals surface area contributed by atoms with Gasteiger partial charge in [-0.2, -0.15) is 5.10 Å². The van der Waals surface area contributed by atoms with E-state index in [2.05, 4.69) is 32.8 Å². The molecule has 1 aliphatic rings. The van der Waals surface area contributed by atoms with Crippen molar-refractivity contribution >= 4 is 11.6 Å². The third-order valence-corrected chi connectivity index (χ3v) is 5.43. The van der Waals surface area contributed by atoms with Crippen molar-refractivity contribution < 1.29 is 5.11 Å². The zero-order chi connectivity index (χ0) is 15.6. The lowest BCUT2D eigenvalue weighted by Crippen LogP contribution is -2.39. The van der Waals surface area contributed by atoms with E-state index < -0.39 is 5.60 Å². The van der Waals surface area contributed by atoms with Crippen LogP contribution in [0.25, 0.3) is 0 Å². The van der Waals surface area contributed by atoms with Crippen LogP contribution in [0.1, 0.15) is 64.8 Å². The molecule has 0 amide bonds. The highest BCUT2D eigenvalue weighted by atomic mass is 35.5. The Kier molecular flexibility index (Phi) is 5.37. The van der Waals surface area contributed by atoms with Gasteiger partial charge in [-0.1, -0.05) is 38.8 Å². The molecule has 2 rings (SSSR count). The molecule has 0 bridgehead atoms. The van der Waals surface area contributed by atoms with Gasteiger partial charge in [0.05, 0.1) is 22.0 Å². The topological polar surface area (TPSA) is 38.0 Å². The normalized spacial score (nSPS) is 26.5. The molecule has 3 nitrogen and oxygen atoms in total. The van der Waals surface area contributed by atoms with Crippen molar-refractivity contribution in [2.45, 2.75) is 78.4 Å². The van der Waals surface area contributed by atoms with Gasteiger partial charge >= 0.3 is 0 Å². The molecule has 1 fully saturated rings. The maximum Gasteiger partial charge on any atom is 0.0850 e. The summed E-state index contributed by atoms with van der Waals surface area (Å²) in [5.41, 5.74) is 1.35. The van der Waals surface area contributed by atoms with E-state index in [1.165, 1.54) is 6.42 Å². The monoisotopic (exact) mass is 312 g/mol. The highest BCUT2D eigenvalue weighted by Gasteiger charge is 2.37. The number of hydrogen-bond acceptors (Lipinski definition) is 2. The van der Waals surface area contributed by atoms with Crippen molar-refractivity contribution in [2.24, 2.45) is 11.8 Å². The van der Waals surface area contributed by atoms with E-state index in [4.69, 9.17) is 11.6 Å². The number of aryl methyl sites for hydroxylation is 2. The van der Waals surface area contributed by atoms with E-state index in [-0.39, 0.29) is 0 Å². The lowest BCUT2D eigenvalue weighted by Gasteiger charge is -2.38. The Morgan fingerprint density at radius 3 is 2.71 bits per heavy atom. The van der Waals surface area contributed by atoms with Crippen molar-refractivity contribution in [2.75, 3.05) is 0 Å². The minimum atomic E-state index is -0.616. The fraction of sp³-hybridized carbons (Fsp3) is 0.824. The first kappa shape index (κ1) is 16.8. The summed E-state index contributed by atoms with van der Waals surface area (Å²) in [4.78, 5) is 0. The number of halogens is 1. The van der Waals surface area contributed by atoms with Crippen LogP contribution in [0.2, 0.25) is 5.02 Å². The number of hydrogen-bond donors (Lipinski definition) is 1. The first-order valence-corrected chi connectivity index (χ1v) is 8.74. The summed E-state index contributed by atoms with van der Waals surface area (Å²) in [6.45, 7) is 9.47. The summed E-state index contributed by atoms with van der Waals surface area (Å²) in [6.07, 6.45) is 5.58. The Morgan fingerprint density at radius 2 is 2.14 bits per heavy atom. The van der Waals surface area contributed by atoms with Crippen molar-refractivity contribution in [3.8, 4) is 0 Å². The predicted molar refractivity (Wildman–Crippen MR) is 87.7 cm³/mol. The summed E-state index contributed by atoms with van der Waals surface area (Å²) in [7, 11) is 0. The molecule has 1 aliphatic carbocycles. The number of rotatable bonds is 5. The van der Waals surface area contributed by atoms with Crippen molar-refractivity contribution in [3.63, 3.8) is 0 Å². The Labute approximate surface area is 133 Å². The van der Waals surface area contributed by atoms with E-state index in [9.17, 15) is 5.11 Å². The standard InChI is InChI=1S/C17H29ClN2O/c1-5-14-16(18)15(20(6-2)19-14)11-17(21)9-7-8-13(10-17)12(3)4/h12-13,21H,5-11H2,1-4H3. The molecule has 0 radical (unpaired) electrons. The Bertz CT molecular complexity index is 483. The van der Waals surface area contributed by atoms with Gasteiger partial charge in [0.1, 0.15) is 0 Å². The highest BCUT2D eigenvalue weighted by Crippen LogP contribution is 2.39. The van der Waals surface area contributed by atoms with E-state index in [1.54, 1.807) is 0 Å². The molecule has 2 atom stereocenters. The summed E-state index contributed by atoms with van der Waals surface area (Å²) >= 11 is 6.49. The molecule has 0 spiro atoms. The fourth-order valence-electron chi connectivity index (χ4n) is 3.61. The zero-order valence-electron chi connectivity index (χ0n) is 13.8. The lowest BCUT2D eigenvalue weighted by atomic mass is 9.72. The van der Waals surface area contributed by atoms with Crippen LogP contribution in [-0.4, -0.2) is 20.5 Å². The smallest absolute Gasteiger partial charge is 0.0850 e. The first-order valence-electron chi connectivity index (χ1n) is 8.36. The molecule has 4 heteroatoms. The fourth-order valence-corrected chi connectivity index (χ4v) is 3.95. The third-order valence-electron chi connectivity index (χ3n) is 4.99. The van der Waals surface area contributed by atoms with Crippen molar-refractivity contribution in [1.82, 2.24) is 9.78 Å². The summed E-state index contributed by atoms with van der Waals surface area (Å²) < 4.78 is 1.97. The van der Waals surface area contributed by atoms with E-state index in [0.29, 0.717) is 18.3 Å². The molecule has 0 saturated heterocycles. The maximum absolute atomic E-state index is 11.1. The first-order chi connectivity index (χ1) is 9.90. The number of aromatic nitrogens is 2. The molecule has 1 saturated carbocycles. The van der Waals surface area contributed by atoms with Gasteiger partial charge in [-0.3, -0.25) is 4.68 Å². The van der Waals surface area contributed by atoms with Crippen LogP contribution >= 0.6 is 11.6 Å². The predicted octanol–water partition coefficient (Wildman–Crippen LogP) is 4.24. The van der Waals surface area contributed by atoms with Gasteiger partial charge in [-0.15, -0.1) is 0 Å². The molecule has 1 heterocycles. The Balaban J connectivity index is 2.22. The second-order valence-corrected chi connectivity index (χ2v) is 7.26. The number of nitrogens with zero attached hydrogens (tertiary/aromatic N) is 2. The van der Waals surface area contributed by atoms with Gasteiger partial charge in [0, 0.05) is 13.0 Å². The van der Waals surface area contributed by atoms with Crippen LogP contribution in [0.5, 0.6) is 0 Å². The third kappa shape index (κ3) is 3.62. The molecule has 21 heavy (non-hydrogen) atoms. The Hall–Kier alpha value is -0.540. The second-order valence-electron chi connectivity index (χ2n) is 6.88. The molecular formula is C17H29ClN2O. The van der Waals surface area contributed by atoms with E-state index in [1.807, 2.05) is 4.68 Å². The van der Waals surface area contributed by atoms with Gasteiger partial charge < -0.3 is 5.11 Å². The quantitative estimate of drug-likeness (QED) is 0.883. The van der Waals surface area contributed by atoms with Gasteiger partial charge in [0.2, 0.25) is 0 Å². The lowest BCUT2D eigenvalue weighted by molar-refractivity contribution is -0.0253. The van der Waals surface area contributed by atoms with Crippen molar-refractivity contribution in [3.05, 3.63) is 16.4 Å². The average Bonchev–Trinajstić information content (AvgIpc) is 2.74. The maximum atomic E-state index is 11.1. The molecule has 0 aliphatic heterocycles. The molecule has 1 aromatic heterocycles. The summed E-state index contributed by atoms with van der Waals surface area (Å²) in [5.74, 6) is 1.25. The van der Waals surface area contributed by atoms with Crippen LogP contribution < -0.4 is 0 Å². The van der Waals surface area contributed by atoms with Gasteiger partial charge in [0.15, 0.2) is 0 Å². The van der Waals surface area contributed by atoms with Gasteiger partial charge in [0.25, 0.3) is 0 Å². The second kappa shape index (κ2) is 6.70. The van der Waals surface area contributed by atoms with Crippen LogP contribution in [-0.2, 0) is 19.4 Å². The van der Waals surface area contributed by atoms with Crippen LogP contribution in [0, 0.1) is 11.8 Å². The number of aliphatic hydroxyl groups is 1. The molecule has 1 N–H and O–H groups in total. The largest absolute Gasteiger partial charge is 0.389 e. The molecule has 120 valence electrons. The van der Waals surface area contributed by atoms with Gasteiger partial charge in [-0.05, 0) is 44.4 Å². The SMILES string of the molecule is CCc1nn(CC)c(CC2(O)CCCC(C(C)C)C2)c1Cl. The molecule has 1 aromatic rings. The average molecular weight is 313 g/mol.